The van der Waals surface area contributed by atoms with Crippen molar-refractivity contribution in [2.24, 2.45) is 0 Å². The van der Waals surface area contributed by atoms with Gasteiger partial charge in [-0.3, -0.25) is 0 Å². The first-order valence-corrected chi connectivity index (χ1v) is 8.30. The van der Waals surface area contributed by atoms with Crippen LogP contribution in [0.2, 0.25) is 0 Å². The Kier molecular flexibility index (Phi) is 5.22. The SMILES string of the molecule is CCOC(=O)c1nn(-c2ccccc2)cc1C(=S)N1CCOCC1. The molecule has 0 N–H and O–H groups in total. The molecule has 0 bridgehead atoms. The molecular formula is C17H19N3O3S. The second-order valence-corrected chi connectivity index (χ2v) is 5.68. The summed E-state index contributed by atoms with van der Waals surface area (Å²) in [6.45, 7) is 4.73. The van der Waals surface area contributed by atoms with Crippen LogP contribution in [0.15, 0.2) is 36.5 Å². The molecule has 1 fully saturated rings. The van der Waals surface area contributed by atoms with Crippen molar-refractivity contribution in [1.29, 1.82) is 0 Å². The van der Waals surface area contributed by atoms with Crippen molar-refractivity contribution in [3.8, 4) is 5.69 Å². The lowest BCUT2D eigenvalue weighted by Crippen LogP contribution is -2.40. The van der Waals surface area contributed by atoms with Crippen LogP contribution in [0.3, 0.4) is 0 Å². The van der Waals surface area contributed by atoms with Gasteiger partial charge in [-0.05, 0) is 19.1 Å². The number of esters is 1. The van der Waals surface area contributed by atoms with E-state index in [4.69, 9.17) is 21.7 Å². The van der Waals surface area contributed by atoms with Gasteiger partial charge in [0.2, 0.25) is 0 Å². The Labute approximate surface area is 146 Å². The second kappa shape index (κ2) is 7.55. The smallest absolute Gasteiger partial charge is 0.359 e. The maximum Gasteiger partial charge on any atom is 0.359 e. The number of benzene rings is 1. The van der Waals surface area contributed by atoms with Gasteiger partial charge in [-0.15, -0.1) is 0 Å². The molecule has 0 radical (unpaired) electrons. The van der Waals surface area contributed by atoms with Crippen molar-refractivity contribution in [1.82, 2.24) is 14.7 Å². The maximum atomic E-state index is 12.3. The van der Waals surface area contributed by atoms with Crippen LogP contribution in [0.5, 0.6) is 0 Å². The average Bonchev–Trinajstić information content (AvgIpc) is 3.08. The number of ether oxygens (including phenoxy) is 2. The first-order chi connectivity index (χ1) is 11.7. The lowest BCUT2D eigenvalue weighted by Gasteiger charge is -2.28. The van der Waals surface area contributed by atoms with Gasteiger partial charge in [-0.25, -0.2) is 9.48 Å². The van der Waals surface area contributed by atoms with Crippen molar-refractivity contribution < 1.29 is 14.3 Å². The first-order valence-electron chi connectivity index (χ1n) is 7.90. The number of nitrogens with zero attached hydrogens (tertiary/aromatic N) is 3. The predicted octanol–water partition coefficient (Wildman–Crippen LogP) is 2.06. The molecule has 3 rings (SSSR count). The Bertz CT molecular complexity index is 724. The number of hydrogen-bond acceptors (Lipinski definition) is 5. The fraction of sp³-hybridized carbons (Fsp3) is 0.353. The third-order valence-electron chi connectivity index (χ3n) is 3.73. The van der Waals surface area contributed by atoms with E-state index in [2.05, 4.69) is 5.10 Å². The molecule has 2 aromatic rings. The molecule has 1 aromatic heterocycles. The average molecular weight is 345 g/mol. The van der Waals surface area contributed by atoms with Gasteiger partial charge in [0.05, 0.1) is 31.1 Å². The van der Waals surface area contributed by atoms with E-state index in [0.29, 0.717) is 43.5 Å². The van der Waals surface area contributed by atoms with Gasteiger partial charge in [0.1, 0.15) is 4.99 Å². The summed E-state index contributed by atoms with van der Waals surface area (Å²) in [6, 6.07) is 9.60. The van der Waals surface area contributed by atoms with Crippen LogP contribution in [0.4, 0.5) is 0 Å². The largest absolute Gasteiger partial charge is 0.461 e. The Morgan fingerprint density at radius 1 is 1.29 bits per heavy atom. The zero-order valence-electron chi connectivity index (χ0n) is 13.5. The van der Waals surface area contributed by atoms with Crippen LogP contribution >= 0.6 is 12.2 Å². The molecule has 2 heterocycles. The first kappa shape index (κ1) is 16.6. The van der Waals surface area contributed by atoms with E-state index >= 15 is 0 Å². The second-order valence-electron chi connectivity index (χ2n) is 5.30. The summed E-state index contributed by atoms with van der Waals surface area (Å²) in [6.07, 6.45) is 1.79. The van der Waals surface area contributed by atoms with E-state index in [1.807, 2.05) is 35.2 Å². The Balaban J connectivity index is 1.97. The topological polar surface area (TPSA) is 56.6 Å². The molecular weight excluding hydrogens is 326 g/mol. The van der Waals surface area contributed by atoms with Crippen LogP contribution < -0.4 is 0 Å². The van der Waals surface area contributed by atoms with E-state index in [-0.39, 0.29) is 5.69 Å². The van der Waals surface area contributed by atoms with Gasteiger partial charge < -0.3 is 14.4 Å². The summed E-state index contributed by atoms with van der Waals surface area (Å²) in [7, 11) is 0. The highest BCUT2D eigenvalue weighted by atomic mass is 32.1. The summed E-state index contributed by atoms with van der Waals surface area (Å²) in [5.74, 6) is -0.460. The minimum absolute atomic E-state index is 0.247. The van der Waals surface area contributed by atoms with E-state index in [9.17, 15) is 4.79 Å². The molecule has 0 spiro atoms. The van der Waals surface area contributed by atoms with E-state index in [1.165, 1.54) is 0 Å². The molecule has 0 atom stereocenters. The highest BCUT2D eigenvalue weighted by molar-refractivity contribution is 7.80. The van der Waals surface area contributed by atoms with Crippen molar-refractivity contribution in [2.45, 2.75) is 6.92 Å². The summed E-state index contributed by atoms with van der Waals surface area (Å²) >= 11 is 5.60. The molecule has 7 heteroatoms. The van der Waals surface area contributed by atoms with Crippen LogP contribution in [0, 0.1) is 0 Å². The number of morpholine rings is 1. The number of aromatic nitrogens is 2. The lowest BCUT2D eigenvalue weighted by molar-refractivity contribution is 0.0518. The van der Waals surface area contributed by atoms with Gasteiger partial charge in [0.25, 0.3) is 0 Å². The number of thiocarbonyl (C=S) groups is 1. The van der Waals surface area contributed by atoms with E-state index in [1.54, 1.807) is 17.8 Å². The van der Waals surface area contributed by atoms with E-state index < -0.39 is 5.97 Å². The van der Waals surface area contributed by atoms with Crippen molar-refractivity contribution >= 4 is 23.2 Å². The summed E-state index contributed by atoms with van der Waals surface area (Å²) in [5, 5.41) is 4.41. The summed E-state index contributed by atoms with van der Waals surface area (Å²) in [5.41, 5.74) is 1.73. The predicted molar refractivity (Wildman–Crippen MR) is 93.6 cm³/mol. The molecule has 0 unspecified atom stereocenters. The van der Waals surface area contributed by atoms with Crippen molar-refractivity contribution in [2.75, 3.05) is 32.9 Å². The number of carbonyl (C=O) groups is 1. The zero-order valence-corrected chi connectivity index (χ0v) is 14.3. The molecule has 1 saturated heterocycles. The molecule has 1 aliphatic heterocycles. The lowest BCUT2D eigenvalue weighted by atomic mass is 10.2. The van der Waals surface area contributed by atoms with Gasteiger partial charge in [0, 0.05) is 19.3 Å². The number of hydrogen-bond donors (Lipinski definition) is 0. The van der Waals surface area contributed by atoms with Gasteiger partial charge >= 0.3 is 5.97 Å². The van der Waals surface area contributed by atoms with Crippen LogP contribution in [-0.2, 0) is 9.47 Å². The summed E-state index contributed by atoms with van der Waals surface area (Å²) < 4.78 is 12.2. The molecule has 1 aliphatic rings. The van der Waals surface area contributed by atoms with Gasteiger partial charge in [-0.1, -0.05) is 30.4 Å². The Morgan fingerprint density at radius 2 is 2.00 bits per heavy atom. The highest BCUT2D eigenvalue weighted by Crippen LogP contribution is 2.17. The third-order valence-corrected chi connectivity index (χ3v) is 4.21. The molecule has 126 valence electrons. The van der Waals surface area contributed by atoms with E-state index in [0.717, 1.165) is 5.69 Å². The Hall–Kier alpha value is -2.25. The van der Waals surface area contributed by atoms with Gasteiger partial charge in [-0.2, -0.15) is 5.10 Å². The van der Waals surface area contributed by atoms with Gasteiger partial charge in [0.15, 0.2) is 5.69 Å². The number of carbonyl (C=O) groups excluding carboxylic acids is 1. The minimum Gasteiger partial charge on any atom is -0.461 e. The molecule has 1 aromatic carbocycles. The number of para-hydroxylation sites is 1. The zero-order chi connectivity index (χ0) is 16.9. The highest BCUT2D eigenvalue weighted by Gasteiger charge is 2.25. The normalized spacial score (nSPS) is 14.5. The third kappa shape index (κ3) is 3.47. The van der Waals surface area contributed by atoms with Crippen LogP contribution in [-0.4, -0.2) is 58.5 Å². The Morgan fingerprint density at radius 3 is 2.67 bits per heavy atom. The molecule has 24 heavy (non-hydrogen) atoms. The molecule has 6 nitrogen and oxygen atoms in total. The molecule has 0 saturated carbocycles. The summed E-state index contributed by atoms with van der Waals surface area (Å²) in [4.78, 5) is 14.9. The minimum atomic E-state index is -0.460. The maximum absolute atomic E-state index is 12.3. The number of rotatable bonds is 4. The standard InChI is InChI=1S/C17H19N3O3S/c1-2-23-17(21)15-14(16(24)19-8-10-22-11-9-19)12-20(18-15)13-6-4-3-5-7-13/h3-7,12H,2,8-11H2,1H3. The fourth-order valence-corrected chi connectivity index (χ4v) is 2.86. The fourth-order valence-electron chi connectivity index (χ4n) is 2.53. The quantitative estimate of drug-likeness (QED) is 0.624. The molecule has 0 aliphatic carbocycles. The molecule has 0 amide bonds. The van der Waals surface area contributed by atoms with Crippen molar-refractivity contribution in [3.05, 3.63) is 47.8 Å². The van der Waals surface area contributed by atoms with Crippen LogP contribution in [0.25, 0.3) is 5.69 Å². The van der Waals surface area contributed by atoms with Crippen molar-refractivity contribution in [3.63, 3.8) is 0 Å². The monoisotopic (exact) mass is 345 g/mol. The van der Waals surface area contributed by atoms with Crippen LogP contribution in [0.1, 0.15) is 23.0 Å².